The molecular formula is C20H23F3N2O. The summed E-state index contributed by atoms with van der Waals surface area (Å²) in [5.41, 5.74) is 8.33. The van der Waals surface area contributed by atoms with E-state index in [2.05, 4.69) is 17.0 Å². The number of halogens is 3. The number of rotatable bonds is 6. The average Bonchev–Trinajstić information content (AvgIpc) is 3.04. The fourth-order valence-corrected chi connectivity index (χ4v) is 3.52. The molecule has 1 fully saturated rings. The van der Waals surface area contributed by atoms with Crippen molar-refractivity contribution < 1.29 is 17.9 Å². The first-order chi connectivity index (χ1) is 12.4. The minimum absolute atomic E-state index is 0.231. The summed E-state index contributed by atoms with van der Waals surface area (Å²) in [6.07, 6.45) is -4.32. The van der Waals surface area contributed by atoms with Gasteiger partial charge in [-0.3, -0.25) is 4.90 Å². The lowest BCUT2D eigenvalue weighted by Crippen LogP contribution is -2.23. The number of ether oxygens (including phenoxy) is 1. The number of hydrogen-bond donors (Lipinski definition) is 1. The SMILES string of the molecule is NC[C@@H]1CN(Cc2ccc(OCC(F)(F)F)cc2)C[C@H]1c1ccccc1. The minimum atomic E-state index is -4.32. The molecule has 2 atom stereocenters. The first kappa shape index (κ1) is 18.7. The molecule has 6 heteroatoms. The molecule has 2 N–H and O–H groups in total. The average molecular weight is 364 g/mol. The predicted octanol–water partition coefficient (Wildman–Crippen LogP) is 3.80. The van der Waals surface area contributed by atoms with Gasteiger partial charge in [0.1, 0.15) is 5.75 Å². The van der Waals surface area contributed by atoms with E-state index in [0.717, 1.165) is 25.2 Å². The number of benzene rings is 2. The van der Waals surface area contributed by atoms with Crippen LogP contribution in [0.15, 0.2) is 54.6 Å². The highest BCUT2D eigenvalue weighted by molar-refractivity contribution is 5.28. The van der Waals surface area contributed by atoms with E-state index in [1.54, 1.807) is 12.1 Å². The molecule has 0 amide bonds. The van der Waals surface area contributed by atoms with Crippen LogP contribution in [-0.4, -0.2) is 37.3 Å². The Bertz CT molecular complexity index is 688. The summed E-state index contributed by atoms with van der Waals surface area (Å²) in [4.78, 5) is 2.35. The number of nitrogens with zero attached hydrogens (tertiary/aromatic N) is 1. The van der Waals surface area contributed by atoms with Crippen LogP contribution in [-0.2, 0) is 6.54 Å². The van der Waals surface area contributed by atoms with Crippen molar-refractivity contribution in [3.8, 4) is 5.75 Å². The van der Waals surface area contributed by atoms with Crippen molar-refractivity contribution in [1.82, 2.24) is 4.90 Å². The van der Waals surface area contributed by atoms with E-state index >= 15 is 0 Å². The van der Waals surface area contributed by atoms with Gasteiger partial charge in [-0.2, -0.15) is 13.2 Å². The highest BCUT2D eigenvalue weighted by atomic mass is 19.4. The van der Waals surface area contributed by atoms with E-state index in [-0.39, 0.29) is 5.75 Å². The fraction of sp³-hybridized carbons (Fsp3) is 0.400. The highest BCUT2D eigenvalue weighted by Crippen LogP contribution is 2.33. The number of likely N-dealkylation sites (tertiary alicyclic amines) is 1. The van der Waals surface area contributed by atoms with Crippen LogP contribution in [0.4, 0.5) is 13.2 Å². The van der Waals surface area contributed by atoms with Gasteiger partial charge in [-0.15, -0.1) is 0 Å². The third kappa shape index (κ3) is 4.99. The van der Waals surface area contributed by atoms with Gasteiger partial charge in [-0.05, 0) is 35.7 Å². The summed E-state index contributed by atoms with van der Waals surface area (Å²) in [6, 6.07) is 17.2. The Hall–Kier alpha value is -2.05. The first-order valence-electron chi connectivity index (χ1n) is 8.70. The normalized spacial score (nSPS) is 21.1. The fourth-order valence-electron chi connectivity index (χ4n) is 3.52. The molecule has 140 valence electrons. The molecule has 1 aliphatic rings. The summed E-state index contributed by atoms with van der Waals surface area (Å²) in [6.45, 7) is 1.97. The minimum Gasteiger partial charge on any atom is -0.484 e. The Morgan fingerprint density at radius 1 is 1.00 bits per heavy atom. The summed E-state index contributed by atoms with van der Waals surface area (Å²) in [5.74, 6) is 1.05. The van der Waals surface area contributed by atoms with Crippen molar-refractivity contribution >= 4 is 0 Å². The van der Waals surface area contributed by atoms with Crippen molar-refractivity contribution in [2.75, 3.05) is 26.2 Å². The van der Waals surface area contributed by atoms with Gasteiger partial charge in [0.05, 0.1) is 0 Å². The maximum Gasteiger partial charge on any atom is 0.422 e. The molecule has 1 aliphatic heterocycles. The number of hydrogen-bond acceptors (Lipinski definition) is 3. The molecule has 0 aromatic heterocycles. The van der Waals surface area contributed by atoms with Crippen LogP contribution in [0.2, 0.25) is 0 Å². The lowest BCUT2D eigenvalue weighted by atomic mass is 9.89. The van der Waals surface area contributed by atoms with E-state index < -0.39 is 12.8 Å². The van der Waals surface area contributed by atoms with Crippen LogP contribution >= 0.6 is 0 Å². The molecule has 3 rings (SSSR count). The van der Waals surface area contributed by atoms with Crippen molar-refractivity contribution in [1.29, 1.82) is 0 Å². The van der Waals surface area contributed by atoms with E-state index in [1.807, 2.05) is 30.3 Å². The van der Waals surface area contributed by atoms with Crippen LogP contribution in [0.3, 0.4) is 0 Å². The van der Waals surface area contributed by atoms with Gasteiger partial charge in [0.25, 0.3) is 0 Å². The van der Waals surface area contributed by atoms with Gasteiger partial charge < -0.3 is 10.5 Å². The maximum absolute atomic E-state index is 12.2. The molecule has 2 aromatic rings. The molecule has 2 aromatic carbocycles. The Balaban J connectivity index is 1.59. The molecule has 0 unspecified atom stereocenters. The standard InChI is InChI=1S/C20H23F3N2O/c21-20(22,23)14-26-18-8-6-15(7-9-18)11-25-12-17(10-24)19(13-25)16-4-2-1-3-5-16/h1-9,17,19H,10-14,24H2/t17-,19+/m1/s1. The third-order valence-electron chi connectivity index (χ3n) is 4.78. The zero-order chi connectivity index (χ0) is 18.6. The molecule has 0 spiro atoms. The molecule has 0 bridgehead atoms. The summed E-state index contributed by atoms with van der Waals surface area (Å²) < 4.78 is 41.3. The van der Waals surface area contributed by atoms with E-state index in [9.17, 15) is 13.2 Å². The monoisotopic (exact) mass is 364 g/mol. The Labute approximate surface area is 151 Å². The van der Waals surface area contributed by atoms with E-state index in [0.29, 0.717) is 18.4 Å². The molecule has 1 heterocycles. The Kier molecular flexibility index (Phi) is 5.84. The largest absolute Gasteiger partial charge is 0.484 e. The van der Waals surface area contributed by atoms with Crippen LogP contribution in [0.25, 0.3) is 0 Å². The quantitative estimate of drug-likeness (QED) is 0.847. The topological polar surface area (TPSA) is 38.5 Å². The number of nitrogens with two attached hydrogens (primary N) is 1. The number of alkyl halides is 3. The second-order valence-corrected chi connectivity index (χ2v) is 6.75. The predicted molar refractivity (Wildman–Crippen MR) is 95.0 cm³/mol. The van der Waals surface area contributed by atoms with Crippen molar-refractivity contribution in [2.24, 2.45) is 11.7 Å². The van der Waals surface area contributed by atoms with Crippen LogP contribution in [0.1, 0.15) is 17.0 Å². The van der Waals surface area contributed by atoms with Crippen LogP contribution in [0, 0.1) is 5.92 Å². The summed E-state index contributed by atoms with van der Waals surface area (Å²) in [7, 11) is 0. The molecule has 0 radical (unpaired) electrons. The lowest BCUT2D eigenvalue weighted by molar-refractivity contribution is -0.153. The molecule has 26 heavy (non-hydrogen) atoms. The second-order valence-electron chi connectivity index (χ2n) is 6.75. The molecule has 0 saturated carbocycles. The summed E-state index contributed by atoms with van der Waals surface area (Å²) >= 11 is 0. The second kappa shape index (κ2) is 8.10. The van der Waals surface area contributed by atoms with E-state index in [1.165, 1.54) is 5.56 Å². The lowest BCUT2D eigenvalue weighted by Gasteiger charge is -2.17. The van der Waals surface area contributed by atoms with Gasteiger partial charge in [0.15, 0.2) is 6.61 Å². The van der Waals surface area contributed by atoms with Crippen molar-refractivity contribution in [3.05, 3.63) is 65.7 Å². The van der Waals surface area contributed by atoms with Gasteiger partial charge in [-0.1, -0.05) is 42.5 Å². The maximum atomic E-state index is 12.2. The van der Waals surface area contributed by atoms with Crippen LogP contribution in [0.5, 0.6) is 5.75 Å². The molecular weight excluding hydrogens is 341 g/mol. The van der Waals surface area contributed by atoms with Gasteiger partial charge in [0.2, 0.25) is 0 Å². The van der Waals surface area contributed by atoms with Gasteiger partial charge in [-0.25, -0.2) is 0 Å². The van der Waals surface area contributed by atoms with Gasteiger partial charge in [0, 0.05) is 25.6 Å². The Morgan fingerprint density at radius 3 is 2.31 bits per heavy atom. The first-order valence-corrected chi connectivity index (χ1v) is 8.70. The van der Waals surface area contributed by atoms with Gasteiger partial charge >= 0.3 is 6.18 Å². The van der Waals surface area contributed by atoms with Crippen molar-refractivity contribution in [2.45, 2.75) is 18.6 Å². The highest BCUT2D eigenvalue weighted by Gasteiger charge is 2.32. The Morgan fingerprint density at radius 2 is 1.69 bits per heavy atom. The molecule has 0 aliphatic carbocycles. The molecule has 3 nitrogen and oxygen atoms in total. The third-order valence-corrected chi connectivity index (χ3v) is 4.78. The zero-order valence-corrected chi connectivity index (χ0v) is 14.5. The van der Waals surface area contributed by atoms with Crippen molar-refractivity contribution in [3.63, 3.8) is 0 Å². The molecule has 1 saturated heterocycles. The smallest absolute Gasteiger partial charge is 0.422 e. The zero-order valence-electron chi connectivity index (χ0n) is 14.5. The summed E-state index contributed by atoms with van der Waals surface area (Å²) in [5, 5.41) is 0. The van der Waals surface area contributed by atoms with E-state index in [4.69, 9.17) is 10.5 Å². The van der Waals surface area contributed by atoms with Crippen LogP contribution < -0.4 is 10.5 Å².